The molecule has 4 heteroatoms. The normalized spacial score (nSPS) is 23.1. The average Bonchev–Trinajstić information content (AvgIpc) is 2.49. The van der Waals surface area contributed by atoms with Crippen molar-refractivity contribution in [3.8, 4) is 0 Å². The maximum atomic E-state index is 11.6. The Morgan fingerprint density at radius 1 is 1.64 bits per heavy atom. The van der Waals surface area contributed by atoms with E-state index in [9.17, 15) is 9.90 Å². The van der Waals surface area contributed by atoms with Gasteiger partial charge in [-0.15, -0.1) is 0 Å². The van der Waals surface area contributed by atoms with E-state index in [0.29, 0.717) is 13.1 Å². The van der Waals surface area contributed by atoms with Gasteiger partial charge in [-0.25, -0.2) is 0 Å². The Kier molecular flexibility index (Phi) is 3.89. The molecule has 0 spiro atoms. The number of carbonyl (C=O) groups is 1. The number of hydrogen-bond acceptors (Lipinski definition) is 3. The summed E-state index contributed by atoms with van der Waals surface area (Å²) in [4.78, 5) is 15.4. The topological polar surface area (TPSA) is 43.8 Å². The fourth-order valence-corrected chi connectivity index (χ4v) is 1.55. The number of aliphatic hydroxyl groups excluding tert-OH is 1. The van der Waals surface area contributed by atoms with Crippen LogP contribution in [0.2, 0.25) is 0 Å². The molecule has 1 N–H and O–H groups in total. The number of rotatable bonds is 3. The number of β-amino-alcohol motifs (C(OH)–C–C–N with tert-alkyl or cyclic N) is 1. The number of carbonyl (C=O) groups excluding carboxylic acids is 1. The van der Waals surface area contributed by atoms with Gasteiger partial charge in [0, 0.05) is 26.2 Å². The van der Waals surface area contributed by atoms with Crippen LogP contribution in [0.25, 0.3) is 0 Å². The third-order valence-corrected chi connectivity index (χ3v) is 2.77. The Morgan fingerprint density at radius 2 is 2.29 bits per heavy atom. The second kappa shape index (κ2) is 4.75. The largest absolute Gasteiger partial charge is 0.392 e. The monoisotopic (exact) mass is 200 g/mol. The Balaban J connectivity index is 2.33. The lowest BCUT2D eigenvalue weighted by molar-refractivity contribution is -0.132. The van der Waals surface area contributed by atoms with E-state index < -0.39 is 0 Å². The van der Waals surface area contributed by atoms with Gasteiger partial charge >= 0.3 is 0 Å². The molecule has 1 atom stereocenters. The molecule has 0 aromatic rings. The van der Waals surface area contributed by atoms with Gasteiger partial charge in [0.25, 0.3) is 0 Å². The Bertz CT molecular complexity index is 206. The first-order valence-electron chi connectivity index (χ1n) is 5.16. The highest BCUT2D eigenvalue weighted by Crippen LogP contribution is 2.08. The minimum absolute atomic E-state index is 0.133. The van der Waals surface area contributed by atoms with Crippen molar-refractivity contribution >= 4 is 5.91 Å². The van der Waals surface area contributed by atoms with E-state index in [1.54, 1.807) is 4.90 Å². The highest BCUT2D eigenvalue weighted by molar-refractivity contribution is 5.78. The van der Waals surface area contributed by atoms with Crippen LogP contribution in [0.15, 0.2) is 0 Å². The van der Waals surface area contributed by atoms with E-state index in [1.807, 2.05) is 25.8 Å². The maximum Gasteiger partial charge on any atom is 0.236 e. The van der Waals surface area contributed by atoms with Crippen molar-refractivity contribution in [3.05, 3.63) is 0 Å². The fraction of sp³-hybridized carbons (Fsp3) is 0.900. The van der Waals surface area contributed by atoms with E-state index in [-0.39, 0.29) is 18.1 Å². The first-order valence-corrected chi connectivity index (χ1v) is 5.16. The van der Waals surface area contributed by atoms with E-state index in [4.69, 9.17) is 0 Å². The summed E-state index contributed by atoms with van der Waals surface area (Å²) in [5.74, 6) is 0.133. The van der Waals surface area contributed by atoms with Crippen LogP contribution in [-0.2, 0) is 4.79 Å². The van der Waals surface area contributed by atoms with Gasteiger partial charge in [-0.2, -0.15) is 0 Å². The molecule has 0 aromatic heterocycles. The van der Waals surface area contributed by atoms with Crippen LogP contribution in [0.1, 0.15) is 20.3 Å². The molecule has 1 amide bonds. The van der Waals surface area contributed by atoms with Crippen molar-refractivity contribution in [2.45, 2.75) is 32.4 Å². The van der Waals surface area contributed by atoms with Gasteiger partial charge in [0.1, 0.15) is 0 Å². The lowest BCUT2D eigenvalue weighted by atomic mass is 10.3. The molecule has 4 nitrogen and oxygen atoms in total. The molecule has 82 valence electrons. The Hall–Kier alpha value is -0.610. The van der Waals surface area contributed by atoms with Crippen molar-refractivity contribution < 1.29 is 9.90 Å². The van der Waals surface area contributed by atoms with Crippen LogP contribution in [0.3, 0.4) is 0 Å². The summed E-state index contributed by atoms with van der Waals surface area (Å²) in [6.07, 6.45) is 0.547. The van der Waals surface area contributed by atoms with Gasteiger partial charge in [0.05, 0.1) is 12.6 Å². The summed E-state index contributed by atoms with van der Waals surface area (Å²) >= 11 is 0. The van der Waals surface area contributed by atoms with Gasteiger partial charge in [0.2, 0.25) is 5.91 Å². The van der Waals surface area contributed by atoms with Gasteiger partial charge in [-0.05, 0) is 20.3 Å². The van der Waals surface area contributed by atoms with Crippen molar-refractivity contribution in [2.75, 3.05) is 26.7 Å². The number of nitrogens with zero attached hydrogens (tertiary/aromatic N) is 2. The summed E-state index contributed by atoms with van der Waals surface area (Å²) < 4.78 is 0. The van der Waals surface area contributed by atoms with Crippen LogP contribution in [-0.4, -0.2) is 59.6 Å². The van der Waals surface area contributed by atoms with E-state index >= 15 is 0 Å². The van der Waals surface area contributed by atoms with Gasteiger partial charge < -0.3 is 10.0 Å². The number of hydrogen-bond donors (Lipinski definition) is 1. The molecular weight excluding hydrogens is 180 g/mol. The minimum Gasteiger partial charge on any atom is -0.392 e. The predicted molar refractivity (Wildman–Crippen MR) is 55.0 cm³/mol. The molecule has 1 heterocycles. The molecule has 0 unspecified atom stereocenters. The predicted octanol–water partition coefficient (Wildman–Crippen LogP) is -0.0802. The summed E-state index contributed by atoms with van der Waals surface area (Å²) in [6.45, 7) is 5.90. The molecule has 1 rings (SSSR count). The summed E-state index contributed by atoms with van der Waals surface area (Å²) in [5.41, 5.74) is 0. The molecule has 0 saturated carbocycles. The molecule has 0 aliphatic carbocycles. The molecule has 14 heavy (non-hydrogen) atoms. The zero-order chi connectivity index (χ0) is 10.7. The molecule has 0 bridgehead atoms. The van der Waals surface area contributed by atoms with E-state index in [1.165, 1.54) is 0 Å². The van der Waals surface area contributed by atoms with Crippen LogP contribution in [0.5, 0.6) is 0 Å². The number of amides is 1. The molecule has 1 fully saturated rings. The van der Waals surface area contributed by atoms with E-state index in [0.717, 1.165) is 13.0 Å². The Morgan fingerprint density at radius 3 is 2.71 bits per heavy atom. The first-order chi connectivity index (χ1) is 6.50. The molecular formula is C10H20N2O2. The molecule has 1 aliphatic rings. The van der Waals surface area contributed by atoms with Crippen LogP contribution < -0.4 is 0 Å². The number of aliphatic hydroxyl groups is 1. The van der Waals surface area contributed by atoms with Crippen LogP contribution >= 0.6 is 0 Å². The summed E-state index contributed by atoms with van der Waals surface area (Å²) in [7, 11) is 1.82. The van der Waals surface area contributed by atoms with Crippen LogP contribution in [0.4, 0.5) is 0 Å². The maximum absolute atomic E-state index is 11.6. The van der Waals surface area contributed by atoms with Crippen molar-refractivity contribution in [2.24, 2.45) is 0 Å². The number of likely N-dealkylation sites (tertiary alicyclic amines) is 1. The fourth-order valence-electron chi connectivity index (χ4n) is 1.55. The summed E-state index contributed by atoms with van der Waals surface area (Å²) in [6, 6.07) is 0.245. The van der Waals surface area contributed by atoms with Gasteiger partial charge in [-0.1, -0.05) is 0 Å². The zero-order valence-corrected chi connectivity index (χ0v) is 9.23. The lowest BCUT2D eigenvalue weighted by Gasteiger charge is -2.24. The SMILES string of the molecule is CC(C)N(C)C(=O)CN1CC[C@H](O)C1. The molecule has 0 aromatic carbocycles. The standard InChI is InChI=1S/C10H20N2O2/c1-8(2)11(3)10(14)7-12-5-4-9(13)6-12/h8-9,13H,4-7H2,1-3H3/t9-/m0/s1. The number of likely N-dealkylation sites (N-methyl/N-ethyl adjacent to an activating group) is 1. The first kappa shape index (κ1) is 11.5. The third kappa shape index (κ3) is 2.96. The third-order valence-electron chi connectivity index (χ3n) is 2.77. The second-order valence-corrected chi connectivity index (χ2v) is 4.28. The highest BCUT2D eigenvalue weighted by atomic mass is 16.3. The average molecular weight is 200 g/mol. The van der Waals surface area contributed by atoms with Crippen molar-refractivity contribution in [1.82, 2.24) is 9.80 Å². The molecule has 0 radical (unpaired) electrons. The lowest BCUT2D eigenvalue weighted by Crippen LogP contribution is -2.40. The minimum atomic E-state index is -0.243. The zero-order valence-electron chi connectivity index (χ0n) is 9.23. The quantitative estimate of drug-likeness (QED) is 0.693. The summed E-state index contributed by atoms with van der Waals surface area (Å²) in [5, 5.41) is 9.29. The van der Waals surface area contributed by atoms with Gasteiger partial charge in [-0.3, -0.25) is 9.69 Å². The Labute approximate surface area is 85.5 Å². The molecule has 1 aliphatic heterocycles. The van der Waals surface area contributed by atoms with Gasteiger partial charge in [0.15, 0.2) is 0 Å². The smallest absolute Gasteiger partial charge is 0.236 e. The second-order valence-electron chi connectivity index (χ2n) is 4.28. The van der Waals surface area contributed by atoms with E-state index in [2.05, 4.69) is 0 Å². The van der Waals surface area contributed by atoms with Crippen molar-refractivity contribution in [1.29, 1.82) is 0 Å². The highest BCUT2D eigenvalue weighted by Gasteiger charge is 2.23. The van der Waals surface area contributed by atoms with Crippen LogP contribution in [0, 0.1) is 0 Å². The van der Waals surface area contributed by atoms with Crippen molar-refractivity contribution in [3.63, 3.8) is 0 Å². The molecule has 1 saturated heterocycles.